The maximum Gasteiger partial charge on any atom is 0.408 e. The van der Waals surface area contributed by atoms with Gasteiger partial charge >= 0.3 is 12.2 Å². The van der Waals surface area contributed by atoms with Crippen molar-refractivity contribution in [2.24, 2.45) is 0 Å². The minimum Gasteiger partial charge on any atom is -0.444 e. The predicted octanol–water partition coefficient (Wildman–Crippen LogP) is 4.74. The molecule has 0 unspecified atom stereocenters. The molecule has 12 heteroatoms. The monoisotopic (exact) mass is 593 g/mol. The van der Waals surface area contributed by atoms with Crippen LogP contribution in [-0.2, 0) is 36.7 Å². The summed E-state index contributed by atoms with van der Waals surface area (Å²) in [5.74, 6) is -1.15. The molecule has 10 nitrogen and oxygen atoms in total. The fraction of sp³-hybridized carbons (Fsp3) is 0.467. The van der Waals surface area contributed by atoms with Crippen LogP contribution in [0.15, 0.2) is 48.5 Å². The molecule has 0 radical (unpaired) electrons. The smallest absolute Gasteiger partial charge is 0.408 e. The van der Waals surface area contributed by atoms with Gasteiger partial charge in [0.2, 0.25) is 0 Å². The van der Waals surface area contributed by atoms with Crippen LogP contribution in [0.3, 0.4) is 0 Å². The van der Waals surface area contributed by atoms with E-state index in [0.717, 1.165) is 10.6 Å². The highest BCUT2D eigenvalue weighted by Crippen LogP contribution is 2.11. The zero-order valence-corrected chi connectivity index (χ0v) is 25.3. The van der Waals surface area contributed by atoms with Gasteiger partial charge in [0.15, 0.2) is 0 Å². The minimum absolute atomic E-state index is 0.187. The number of ether oxygens (including phenoxy) is 2. The average Bonchev–Trinajstić information content (AvgIpc) is 2.87. The van der Waals surface area contributed by atoms with Crippen molar-refractivity contribution in [3.63, 3.8) is 0 Å². The highest BCUT2D eigenvalue weighted by atomic mass is 19.1. The van der Waals surface area contributed by atoms with E-state index in [0.29, 0.717) is 18.3 Å². The van der Waals surface area contributed by atoms with Crippen LogP contribution in [0.5, 0.6) is 0 Å². The first-order valence-electron chi connectivity index (χ1n) is 13.2. The molecular formula is C30H41F2N3O7. The lowest BCUT2D eigenvalue weighted by Gasteiger charge is -2.25. The van der Waals surface area contributed by atoms with Crippen LogP contribution in [0.25, 0.3) is 0 Å². The Bertz CT molecular complexity index is 1160. The van der Waals surface area contributed by atoms with Gasteiger partial charge < -0.3 is 24.9 Å². The van der Waals surface area contributed by atoms with Crippen molar-refractivity contribution >= 4 is 24.4 Å². The molecular weight excluding hydrogens is 552 g/mol. The first-order chi connectivity index (χ1) is 19.4. The summed E-state index contributed by atoms with van der Waals surface area (Å²) in [6, 6.07) is 9.88. The molecule has 2 aromatic carbocycles. The van der Waals surface area contributed by atoms with Gasteiger partial charge in [-0.3, -0.25) is 9.63 Å². The van der Waals surface area contributed by atoms with E-state index < -0.39 is 41.4 Å². The van der Waals surface area contributed by atoms with Crippen molar-refractivity contribution in [3.05, 3.63) is 71.3 Å². The Morgan fingerprint density at radius 1 is 0.786 bits per heavy atom. The van der Waals surface area contributed by atoms with E-state index in [9.17, 15) is 28.0 Å². The Morgan fingerprint density at radius 2 is 1.19 bits per heavy atom. The number of amides is 3. The molecule has 0 aliphatic carbocycles. The van der Waals surface area contributed by atoms with Crippen molar-refractivity contribution in [2.75, 3.05) is 14.2 Å². The number of benzene rings is 2. The summed E-state index contributed by atoms with van der Waals surface area (Å²) >= 11 is 0. The number of hydroxylamine groups is 2. The number of likely N-dealkylation sites (N-methyl/N-ethyl adjacent to an activating group) is 1. The standard InChI is InChI=1S/C16H23FN2O4.C14H18FNO3/c1-16(2,3)23-15(21)18-13(14(20)19(4)22-5)10-11-6-8-12(17)9-7-11;1-14(2,3)19-13(18)16-12(9-17)8-10-4-6-11(15)7-5-10/h6-9,13H,10H2,1-5H3,(H,18,21);4-7,9,12H,8H2,1-3H3,(H,16,18)/t13-;12-/m00/s1. The molecule has 0 saturated heterocycles. The molecule has 0 bridgehead atoms. The van der Waals surface area contributed by atoms with Crippen LogP contribution in [0.1, 0.15) is 52.7 Å². The van der Waals surface area contributed by atoms with Crippen LogP contribution in [-0.4, -0.2) is 66.9 Å². The number of halogens is 2. The fourth-order valence-corrected chi connectivity index (χ4v) is 3.28. The molecule has 0 heterocycles. The Labute approximate surface area is 245 Å². The Balaban J connectivity index is 0.000000428. The number of carbonyl (C=O) groups excluding carboxylic acids is 4. The highest BCUT2D eigenvalue weighted by molar-refractivity contribution is 5.85. The normalized spacial score (nSPS) is 12.5. The van der Waals surface area contributed by atoms with E-state index in [4.69, 9.17) is 14.3 Å². The number of hydrogen-bond acceptors (Lipinski definition) is 7. The third-order valence-electron chi connectivity index (χ3n) is 5.16. The van der Waals surface area contributed by atoms with Crippen molar-refractivity contribution in [3.8, 4) is 0 Å². The fourth-order valence-electron chi connectivity index (χ4n) is 3.28. The van der Waals surface area contributed by atoms with Gasteiger partial charge in [0.25, 0.3) is 5.91 Å². The predicted molar refractivity (Wildman–Crippen MR) is 152 cm³/mol. The van der Waals surface area contributed by atoms with Crippen LogP contribution in [0.2, 0.25) is 0 Å². The summed E-state index contributed by atoms with van der Waals surface area (Å²) in [6.45, 7) is 10.4. The van der Waals surface area contributed by atoms with Gasteiger partial charge in [0.1, 0.15) is 35.2 Å². The van der Waals surface area contributed by atoms with E-state index in [2.05, 4.69) is 10.6 Å². The van der Waals surface area contributed by atoms with Gasteiger partial charge in [-0.05, 0) is 83.4 Å². The zero-order chi connectivity index (χ0) is 32.1. The molecule has 2 atom stereocenters. The average molecular weight is 594 g/mol. The third kappa shape index (κ3) is 15.1. The Hall–Kier alpha value is -4.06. The van der Waals surface area contributed by atoms with Crippen LogP contribution < -0.4 is 10.6 Å². The van der Waals surface area contributed by atoms with Crippen LogP contribution in [0.4, 0.5) is 18.4 Å². The molecule has 2 N–H and O–H groups in total. The number of carbonyl (C=O) groups is 4. The van der Waals surface area contributed by atoms with E-state index in [1.165, 1.54) is 38.4 Å². The number of nitrogens with one attached hydrogen (secondary N) is 2. The largest absolute Gasteiger partial charge is 0.444 e. The second kappa shape index (κ2) is 16.4. The quantitative estimate of drug-likeness (QED) is 0.318. The second-order valence-electron chi connectivity index (χ2n) is 11.3. The van der Waals surface area contributed by atoms with Crippen LogP contribution in [0, 0.1) is 11.6 Å². The van der Waals surface area contributed by atoms with Crippen molar-refractivity contribution in [1.29, 1.82) is 0 Å². The maximum atomic E-state index is 13.0. The Morgan fingerprint density at radius 3 is 1.57 bits per heavy atom. The molecule has 0 fully saturated rings. The molecule has 0 aliphatic rings. The SMILES string of the molecule is CC(C)(C)OC(=O)N[C@H](C=O)Cc1ccc(F)cc1.CON(C)C(=O)[C@H](Cc1ccc(F)cc1)NC(=O)OC(C)(C)C. The summed E-state index contributed by atoms with van der Waals surface area (Å²) in [5, 5.41) is 6.01. The molecule has 0 aromatic heterocycles. The zero-order valence-electron chi connectivity index (χ0n) is 25.3. The number of nitrogens with zero attached hydrogens (tertiary/aromatic N) is 1. The van der Waals surface area contributed by atoms with E-state index in [-0.39, 0.29) is 18.1 Å². The molecule has 232 valence electrons. The molecule has 3 amide bonds. The summed E-state index contributed by atoms with van der Waals surface area (Å²) in [7, 11) is 2.79. The molecule has 42 heavy (non-hydrogen) atoms. The summed E-state index contributed by atoms with van der Waals surface area (Å²) in [6.07, 6.45) is -0.239. The first-order valence-corrected chi connectivity index (χ1v) is 13.2. The summed E-state index contributed by atoms with van der Waals surface area (Å²) in [5.41, 5.74) is 0.161. The molecule has 2 rings (SSSR count). The number of alkyl carbamates (subject to hydrolysis) is 2. The minimum atomic E-state index is -0.889. The van der Waals surface area contributed by atoms with Crippen molar-refractivity contribution < 1.29 is 42.3 Å². The molecule has 0 aliphatic heterocycles. The van der Waals surface area contributed by atoms with Gasteiger partial charge in [-0.15, -0.1) is 0 Å². The van der Waals surface area contributed by atoms with Gasteiger partial charge in [-0.25, -0.2) is 23.4 Å². The second-order valence-corrected chi connectivity index (χ2v) is 11.3. The van der Waals surface area contributed by atoms with E-state index in [1.807, 2.05) is 0 Å². The van der Waals surface area contributed by atoms with E-state index >= 15 is 0 Å². The summed E-state index contributed by atoms with van der Waals surface area (Å²) < 4.78 is 35.9. The first kappa shape index (κ1) is 36.0. The number of hydrogen-bond donors (Lipinski definition) is 2. The van der Waals surface area contributed by atoms with Gasteiger partial charge in [-0.1, -0.05) is 24.3 Å². The maximum absolute atomic E-state index is 13.0. The number of rotatable bonds is 9. The lowest BCUT2D eigenvalue weighted by molar-refractivity contribution is -0.171. The van der Waals surface area contributed by atoms with Crippen molar-refractivity contribution in [2.45, 2.75) is 77.7 Å². The Kier molecular flexibility index (Phi) is 14.0. The van der Waals surface area contributed by atoms with Crippen molar-refractivity contribution in [1.82, 2.24) is 15.7 Å². The lowest BCUT2D eigenvalue weighted by atomic mass is 10.1. The topological polar surface area (TPSA) is 123 Å². The van der Waals surface area contributed by atoms with Gasteiger partial charge in [0, 0.05) is 13.5 Å². The lowest BCUT2D eigenvalue weighted by Crippen LogP contribution is -2.49. The molecule has 0 spiro atoms. The van der Waals surface area contributed by atoms with Crippen LogP contribution >= 0.6 is 0 Å². The van der Waals surface area contributed by atoms with Gasteiger partial charge in [-0.2, -0.15) is 0 Å². The molecule has 2 aromatic rings. The molecule has 0 saturated carbocycles. The third-order valence-corrected chi connectivity index (χ3v) is 5.16. The highest BCUT2D eigenvalue weighted by Gasteiger charge is 2.27. The number of aldehydes is 1. The van der Waals surface area contributed by atoms with E-state index in [1.54, 1.807) is 65.8 Å². The van der Waals surface area contributed by atoms with Gasteiger partial charge in [0.05, 0.1) is 13.2 Å². The summed E-state index contributed by atoms with van der Waals surface area (Å²) in [4.78, 5) is 51.5.